The first-order chi connectivity index (χ1) is 14.4. The van der Waals surface area contributed by atoms with Crippen LogP contribution in [0.25, 0.3) is 0 Å². The van der Waals surface area contributed by atoms with Crippen LogP contribution >= 0.6 is 0 Å². The lowest BCUT2D eigenvalue weighted by molar-refractivity contribution is -0.0259. The van der Waals surface area contributed by atoms with Crippen LogP contribution in [0.3, 0.4) is 0 Å². The minimum absolute atomic E-state index is 0.170. The predicted molar refractivity (Wildman–Crippen MR) is 122 cm³/mol. The zero-order valence-corrected chi connectivity index (χ0v) is 20.3. The van der Waals surface area contributed by atoms with Crippen LogP contribution in [0.1, 0.15) is 63.6 Å². The fraction of sp³-hybridized carbons (Fsp3) is 0.750. The minimum Gasteiger partial charge on any atom is -0.493 e. The second kappa shape index (κ2) is 7.92. The van der Waals surface area contributed by atoms with Crippen LogP contribution in [0.5, 0.6) is 11.5 Å². The van der Waals surface area contributed by atoms with Gasteiger partial charge < -0.3 is 14.6 Å². The van der Waals surface area contributed by atoms with E-state index < -0.39 is 14.6 Å². The molecule has 1 aromatic carbocycles. The van der Waals surface area contributed by atoms with Gasteiger partial charge in [0, 0.05) is 25.4 Å². The third-order valence-corrected chi connectivity index (χ3v) is 9.43. The van der Waals surface area contributed by atoms with E-state index in [1.807, 2.05) is 12.1 Å². The second-order valence-corrected chi connectivity index (χ2v) is 13.4. The second-order valence-electron chi connectivity index (χ2n) is 11.0. The number of fused-ring (bicyclic) bond motifs is 3. The Kier molecular flexibility index (Phi) is 5.85. The molecular formula is C24H37NO5S. The number of nitrogens with zero attached hydrogens (tertiary/aromatic N) is 1. The highest BCUT2D eigenvalue weighted by molar-refractivity contribution is 7.92. The number of aliphatic hydroxyl groups excluding tert-OH is 1. The van der Waals surface area contributed by atoms with Crippen molar-refractivity contribution >= 4 is 9.84 Å². The molecule has 1 aliphatic carbocycles. The Labute approximate surface area is 186 Å². The molecule has 3 atom stereocenters. The van der Waals surface area contributed by atoms with Crippen LogP contribution < -0.4 is 9.47 Å². The molecule has 7 heteroatoms. The van der Waals surface area contributed by atoms with Crippen molar-refractivity contribution in [1.29, 1.82) is 0 Å². The topological polar surface area (TPSA) is 76.1 Å². The summed E-state index contributed by atoms with van der Waals surface area (Å²) < 4.78 is 35.1. The molecule has 2 aliphatic heterocycles. The van der Waals surface area contributed by atoms with Crippen LogP contribution in [0, 0.1) is 11.3 Å². The average molecular weight is 452 g/mol. The van der Waals surface area contributed by atoms with Crippen LogP contribution in [-0.4, -0.2) is 62.3 Å². The van der Waals surface area contributed by atoms with Crippen LogP contribution in [0.4, 0.5) is 0 Å². The van der Waals surface area contributed by atoms with Crippen molar-refractivity contribution in [3.8, 4) is 11.5 Å². The van der Waals surface area contributed by atoms with Crippen molar-refractivity contribution in [2.45, 2.75) is 69.8 Å². The van der Waals surface area contributed by atoms with Gasteiger partial charge in [-0.1, -0.05) is 20.8 Å². The minimum atomic E-state index is -3.14. The molecule has 1 saturated heterocycles. The maximum atomic E-state index is 12.1. The summed E-state index contributed by atoms with van der Waals surface area (Å²) in [6.45, 7) is 8.76. The van der Waals surface area contributed by atoms with Crippen molar-refractivity contribution < 1.29 is 23.0 Å². The van der Waals surface area contributed by atoms with Gasteiger partial charge in [0.1, 0.15) is 11.4 Å². The number of aliphatic hydroxyl groups is 1. The smallest absolute Gasteiger partial charge is 0.161 e. The largest absolute Gasteiger partial charge is 0.493 e. The zero-order chi connectivity index (χ0) is 22.6. The lowest BCUT2D eigenvalue weighted by atomic mass is 9.75. The molecular weight excluding hydrogens is 414 g/mol. The number of benzene rings is 1. The maximum Gasteiger partial charge on any atom is 0.161 e. The summed E-state index contributed by atoms with van der Waals surface area (Å²) in [5.74, 6) is 1.55. The number of hydrogen-bond acceptors (Lipinski definition) is 6. The van der Waals surface area contributed by atoms with E-state index in [1.165, 1.54) is 17.4 Å². The standard InChI is InChI=1S/C24H37NO5S/c1-23(2,3)13-17-14-25-9-6-16-10-22(30-15-24(7-8-24)31(5,27)28)21(29-4)11-18(16)19(25)12-20(17)26/h10-11,17,19-20,26H,6-9,12-15H2,1-5H3. The van der Waals surface area contributed by atoms with Gasteiger partial charge in [-0.2, -0.15) is 0 Å². The van der Waals surface area contributed by atoms with Gasteiger partial charge in [0.2, 0.25) is 0 Å². The highest BCUT2D eigenvalue weighted by Crippen LogP contribution is 2.46. The summed E-state index contributed by atoms with van der Waals surface area (Å²) in [4.78, 5) is 2.51. The molecule has 6 nitrogen and oxygen atoms in total. The molecule has 2 fully saturated rings. The Hall–Kier alpha value is -1.31. The first-order valence-electron chi connectivity index (χ1n) is 11.4. The summed E-state index contributed by atoms with van der Waals surface area (Å²) in [6.07, 6.45) is 4.97. The molecule has 3 aliphatic rings. The van der Waals surface area contributed by atoms with Crippen molar-refractivity contribution in [3.63, 3.8) is 0 Å². The van der Waals surface area contributed by atoms with Crippen molar-refractivity contribution in [1.82, 2.24) is 4.90 Å². The van der Waals surface area contributed by atoms with Crippen molar-refractivity contribution in [2.24, 2.45) is 11.3 Å². The molecule has 0 aromatic heterocycles. The number of hydrogen-bond donors (Lipinski definition) is 1. The first-order valence-corrected chi connectivity index (χ1v) is 13.3. The Balaban J connectivity index is 1.54. The van der Waals surface area contributed by atoms with Crippen molar-refractivity contribution in [3.05, 3.63) is 23.3 Å². The third-order valence-electron chi connectivity index (χ3n) is 7.33. The first kappa shape index (κ1) is 22.9. The molecule has 1 aromatic rings. The highest BCUT2D eigenvalue weighted by Gasteiger charge is 2.53. The van der Waals surface area contributed by atoms with Gasteiger partial charge in [-0.3, -0.25) is 4.90 Å². The van der Waals surface area contributed by atoms with E-state index in [9.17, 15) is 13.5 Å². The van der Waals surface area contributed by atoms with E-state index in [0.29, 0.717) is 30.3 Å². The predicted octanol–water partition coefficient (Wildman–Crippen LogP) is 3.37. The summed E-state index contributed by atoms with van der Waals surface area (Å²) in [6, 6.07) is 4.25. The molecule has 2 heterocycles. The van der Waals surface area contributed by atoms with Gasteiger partial charge in [0.25, 0.3) is 0 Å². The molecule has 0 spiro atoms. The molecule has 3 unspecified atom stereocenters. The molecule has 1 saturated carbocycles. The van der Waals surface area contributed by atoms with Crippen molar-refractivity contribution in [2.75, 3.05) is 33.1 Å². The lowest BCUT2D eigenvalue weighted by Gasteiger charge is -2.47. The zero-order valence-electron chi connectivity index (χ0n) is 19.5. The average Bonchev–Trinajstić information content (AvgIpc) is 3.46. The van der Waals surface area contributed by atoms with Gasteiger partial charge >= 0.3 is 0 Å². The number of rotatable bonds is 6. The third kappa shape index (κ3) is 4.60. The van der Waals surface area contributed by atoms with E-state index >= 15 is 0 Å². The van der Waals surface area contributed by atoms with Crippen LogP contribution in [-0.2, 0) is 16.3 Å². The van der Waals surface area contributed by atoms with Gasteiger partial charge in [-0.25, -0.2) is 8.42 Å². The lowest BCUT2D eigenvalue weighted by Crippen LogP contribution is -2.48. The van der Waals surface area contributed by atoms with Crippen LogP contribution in [0.15, 0.2) is 12.1 Å². The fourth-order valence-corrected chi connectivity index (χ4v) is 6.45. The number of methoxy groups -OCH3 is 1. The van der Waals surface area contributed by atoms with Crippen LogP contribution in [0.2, 0.25) is 0 Å². The highest BCUT2D eigenvalue weighted by atomic mass is 32.2. The van der Waals surface area contributed by atoms with E-state index in [1.54, 1.807) is 7.11 Å². The monoisotopic (exact) mass is 451 g/mol. The number of sulfone groups is 1. The van der Waals surface area contributed by atoms with Gasteiger partial charge in [0.05, 0.1) is 13.2 Å². The Morgan fingerprint density at radius 1 is 1.23 bits per heavy atom. The number of ether oxygens (including phenoxy) is 2. The SMILES string of the molecule is COc1cc2c(cc1OCC1(S(C)(=O)=O)CC1)CCN1CC(CC(C)(C)C)C(O)CC21. The fourth-order valence-electron chi connectivity index (χ4n) is 5.33. The molecule has 0 radical (unpaired) electrons. The summed E-state index contributed by atoms with van der Waals surface area (Å²) in [7, 11) is -1.52. The molecule has 31 heavy (non-hydrogen) atoms. The van der Waals surface area contributed by atoms with Gasteiger partial charge in [-0.15, -0.1) is 0 Å². The molecule has 174 valence electrons. The van der Waals surface area contributed by atoms with E-state index in [2.05, 4.69) is 25.7 Å². The quantitative estimate of drug-likeness (QED) is 0.715. The number of piperidine rings is 1. The maximum absolute atomic E-state index is 12.1. The summed E-state index contributed by atoms with van der Waals surface area (Å²) >= 11 is 0. The molecule has 4 rings (SSSR count). The van der Waals surface area contributed by atoms with E-state index in [4.69, 9.17) is 9.47 Å². The van der Waals surface area contributed by atoms with Gasteiger partial charge in [0.15, 0.2) is 21.3 Å². The summed E-state index contributed by atoms with van der Waals surface area (Å²) in [5, 5.41) is 10.9. The summed E-state index contributed by atoms with van der Waals surface area (Å²) in [5.41, 5.74) is 2.61. The Morgan fingerprint density at radius 2 is 1.94 bits per heavy atom. The van der Waals surface area contributed by atoms with Gasteiger partial charge in [-0.05, 0) is 66.7 Å². The molecule has 1 N–H and O–H groups in total. The normalized spacial score (nSPS) is 27.9. The molecule has 0 amide bonds. The Bertz CT molecular complexity index is 932. The Morgan fingerprint density at radius 3 is 2.52 bits per heavy atom. The van der Waals surface area contributed by atoms with E-state index in [-0.39, 0.29) is 24.2 Å². The van der Waals surface area contributed by atoms with E-state index in [0.717, 1.165) is 32.4 Å². The molecule has 0 bridgehead atoms.